The quantitative estimate of drug-likeness (QED) is 0.431. The Bertz CT molecular complexity index is 1290. The molecule has 4 nitrogen and oxygen atoms in total. The van der Waals surface area contributed by atoms with Crippen LogP contribution in [-0.4, -0.2) is 13.3 Å². The highest BCUT2D eigenvalue weighted by Gasteiger charge is 2.25. The first-order valence-corrected chi connectivity index (χ1v) is 9.79. The van der Waals surface area contributed by atoms with E-state index in [4.69, 9.17) is 9.15 Å². The Morgan fingerprint density at radius 2 is 1.79 bits per heavy atom. The summed E-state index contributed by atoms with van der Waals surface area (Å²) in [6.07, 6.45) is 0.658. The fourth-order valence-electron chi connectivity index (χ4n) is 4.23. The van der Waals surface area contributed by atoms with Crippen LogP contribution < -0.4 is 15.3 Å². The van der Waals surface area contributed by atoms with Crippen molar-refractivity contribution < 1.29 is 18.4 Å². The molecule has 1 atom stereocenters. The number of rotatable bonds is 3. The summed E-state index contributed by atoms with van der Waals surface area (Å²) >= 11 is 0. The van der Waals surface area contributed by atoms with Gasteiger partial charge in [0, 0.05) is 22.9 Å². The molecule has 5 heteroatoms. The lowest BCUT2D eigenvalue weighted by Gasteiger charge is -2.27. The van der Waals surface area contributed by atoms with Crippen molar-refractivity contribution in [1.82, 2.24) is 0 Å². The second kappa shape index (κ2) is 7.01. The van der Waals surface area contributed by atoms with E-state index in [2.05, 4.69) is 6.07 Å². The number of nitrogens with one attached hydrogen (secondary N) is 1. The molecule has 5 rings (SSSR count). The zero-order valence-electron chi connectivity index (χ0n) is 16.1. The molecule has 1 N–H and O–H groups in total. The number of ether oxygens (including phenoxy) is 1. The SMILES string of the molecule is Cc1c2c(cc3c1oc(=O)c1ccccc13)C[NH+](CCc1ccccc1F)CO2. The summed E-state index contributed by atoms with van der Waals surface area (Å²) in [5, 5.41) is 2.40. The molecule has 29 heavy (non-hydrogen) atoms. The summed E-state index contributed by atoms with van der Waals surface area (Å²) in [6.45, 7) is 4.00. The van der Waals surface area contributed by atoms with Crippen LogP contribution in [0, 0.1) is 12.7 Å². The normalized spacial score (nSPS) is 16.0. The minimum atomic E-state index is -0.330. The molecule has 0 saturated heterocycles. The van der Waals surface area contributed by atoms with Crippen molar-refractivity contribution in [1.29, 1.82) is 0 Å². The van der Waals surface area contributed by atoms with Crippen molar-refractivity contribution in [2.45, 2.75) is 19.9 Å². The molecule has 2 heterocycles. The van der Waals surface area contributed by atoms with E-state index in [9.17, 15) is 9.18 Å². The van der Waals surface area contributed by atoms with Crippen molar-refractivity contribution in [3.8, 4) is 5.75 Å². The Morgan fingerprint density at radius 1 is 1.03 bits per heavy atom. The van der Waals surface area contributed by atoms with Crippen molar-refractivity contribution in [3.05, 3.63) is 87.5 Å². The van der Waals surface area contributed by atoms with E-state index in [1.807, 2.05) is 37.3 Å². The zero-order valence-corrected chi connectivity index (χ0v) is 16.1. The van der Waals surface area contributed by atoms with Crippen LogP contribution in [0.3, 0.4) is 0 Å². The first-order valence-electron chi connectivity index (χ1n) is 9.79. The number of halogens is 1. The van der Waals surface area contributed by atoms with E-state index >= 15 is 0 Å². The molecule has 0 fully saturated rings. The van der Waals surface area contributed by atoms with Crippen LogP contribution in [0.25, 0.3) is 21.7 Å². The summed E-state index contributed by atoms with van der Waals surface area (Å²) < 4.78 is 25.6. The molecule has 0 amide bonds. The smallest absolute Gasteiger partial charge is 0.344 e. The van der Waals surface area contributed by atoms with Gasteiger partial charge in [-0.25, -0.2) is 9.18 Å². The van der Waals surface area contributed by atoms with Gasteiger partial charge in [0.25, 0.3) is 0 Å². The van der Waals surface area contributed by atoms with E-state index in [-0.39, 0.29) is 11.4 Å². The van der Waals surface area contributed by atoms with E-state index in [0.29, 0.717) is 24.1 Å². The lowest BCUT2D eigenvalue weighted by Crippen LogP contribution is -3.12. The highest BCUT2D eigenvalue weighted by molar-refractivity contribution is 6.06. The topological polar surface area (TPSA) is 43.9 Å². The molecule has 4 aromatic rings. The van der Waals surface area contributed by atoms with Gasteiger partial charge in [-0.2, -0.15) is 0 Å². The first-order chi connectivity index (χ1) is 14.1. The third kappa shape index (κ3) is 3.08. The Hall–Kier alpha value is -3.18. The van der Waals surface area contributed by atoms with Crippen molar-refractivity contribution >= 4 is 21.7 Å². The van der Waals surface area contributed by atoms with E-state index in [0.717, 1.165) is 46.3 Å². The maximum atomic E-state index is 13.9. The van der Waals surface area contributed by atoms with Gasteiger partial charge in [0.2, 0.25) is 6.73 Å². The molecular weight excluding hydrogens is 369 g/mol. The third-order valence-corrected chi connectivity index (χ3v) is 5.73. The molecule has 0 bridgehead atoms. The van der Waals surface area contributed by atoms with Crippen LogP contribution in [0.2, 0.25) is 0 Å². The number of quaternary nitrogens is 1. The van der Waals surface area contributed by atoms with Gasteiger partial charge in [-0.1, -0.05) is 36.4 Å². The van der Waals surface area contributed by atoms with Gasteiger partial charge in [0.05, 0.1) is 11.9 Å². The Labute approximate surface area is 167 Å². The lowest BCUT2D eigenvalue weighted by atomic mass is 10.00. The summed E-state index contributed by atoms with van der Waals surface area (Å²) in [6, 6.07) is 16.5. The number of fused-ring (bicyclic) bond motifs is 4. The van der Waals surface area contributed by atoms with E-state index in [1.165, 1.54) is 11.0 Å². The fourth-order valence-corrected chi connectivity index (χ4v) is 4.23. The standard InChI is InChI=1S/C24H20FNO3/c1-15-22-17(12-20-18-7-3-4-8-19(18)24(27)29-23(15)20)13-26(14-28-22)11-10-16-6-2-5-9-21(16)25/h2-9,12H,10-11,13-14H2,1H3/p+1. The number of hydrogen-bond donors (Lipinski definition) is 1. The van der Waals surface area contributed by atoms with Gasteiger partial charge in [-0.3, -0.25) is 4.90 Å². The van der Waals surface area contributed by atoms with Gasteiger partial charge in [-0.05, 0) is 36.1 Å². The van der Waals surface area contributed by atoms with Crippen LogP contribution in [0.15, 0.2) is 63.8 Å². The summed E-state index contributed by atoms with van der Waals surface area (Å²) in [7, 11) is 0. The minimum Gasteiger partial charge on any atom is -0.444 e. The highest BCUT2D eigenvalue weighted by Crippen LogP contribution is 2.34. The van der Waals surface area contributed by atoms with Gasteiger partial charge < -0.3 is 9.15 Å². The van der Waals surface area contributed by atoms with Gasteiger partial charge in [-0.15, -0.1) is 0 Å². The molecule has 146 valence electrons. The monoisotopic (exact) mass is 390 g/mol. The molecule has 0 spiro atoms. The minimum absolute atomic E-state index is 0.159. The van der Waals surface area contributed by atoms with Crippen LogP contribution in [0.5, 0.6) is 5.75 Å². The number of hydrogen-bond acceptors (Lipinski definition) is 3. The maximum absolute atomic E-state index is 13.9. The van der Waals surface area contributed by atoms with Crippen LogP contribution in [0.1, 0.15) is 16.7 Å². The van der Waals surface area contributed by atoms with E-state index < -0.39 is 0 Å². The summed E-state index contributed by atoms with van der Waals surface area (Å²) in [4.78, 5) is 13.6. The number of aryl methyl sites for hydroxylation is 1. The van der Waals surface area contributed by atoms with E-state index in [1.54, 1.807) is 12.1 Å². The van der Waals surface area contributed by atoms with Gasteiger partial charge in [0.1, 0.15) is 23.7 Å². The van der Waals surface area contributed by atoms with Crippen LogP contribution in [0.4, 0.5) is 4.39 Å². The Balaban J connectivity index is 1.51. The number of benzene rings is 3. The molecule has 1 unspecified atom stereocenters. The largest absolute Gasteiger partial charge is 0.444 e. The molecule has 1 aliphatic heterocycles. The predicted molar refractivity (Wildman–Crippen MR) is 110 cm³/mol. The van der Waals surface area contributed by atoms with Crippen LogP contribution >= 0.6 is 0 Å². The average molecular weight is 390 g/mol. The maximum Gasteiger partial charge on any atom is 0.344 e. The molecule has 0 aliphatic carbocycles. The Kier molecular flexibility index (Phi) is 4.32. The summed E-state index contributed by atoms with van der Waals surface area (Å²) in [5.41, 5.74) is 2.93. The Morgan fingerprint density at radius 3 is 2.62 bits per heavy atom. The predicted octanol–water partition coefficient (Wildman–Crippen LogP) is 3.37. The summed E-state index contributed by atoms with van der Waals surface area (Å²) in [5.74, 6) is 0.638. The second-order valence-corrected chi connectivity index (χ2v) is 7.61. The molecule has 0 saturated carbocycles. The fraction of sp³-hybridized carbons (Fsp3) is 0.208. The van der Waals surface area contributed by atoms with Crippen molar-refractivity contribution in [2.24, 2.45) is 0 Å². The third-order valence-electron chi connectivity index (χ3n) is 5.73. The molecule has 0 radical (unpaired) electrons. The van der Waals surface area contributed by atoms with Crippen molar-refractivity contribution in [2.75, 3.05) is 13.3 Å². The van der Waals surface area contributed by atoms with Crippen molar-refractivity contribution in [3.63, 3.8) is 0 Å². The first kappa shape index (κ1) is 17.9. The second-order valence-electron chi connectivity index (χ2n) is 7.61. The zero-order chi connectivity index (χ0) is 20.0. The van der Waals surface area contributed by atoms with Gasteiger partial charge >= 0.3 is 5.63 Å². The molecule has 1 aromatic heterocycles. The molecule has 3 aromatic carbocycles. The lowest BCUT2D eigenvalue weighted by molar-refractivity contribution is -0.932. The molecular formula is C24H21FNO3+. The van der Waals surface area contributed by atoms with Crippen LogP contribution in [-0.2, 0) is 13.0 Å². The highest BCUT2D eigenvalue weighted by atomic mass is 19.1. The van der Waals surface area contributed by atoms with Gasteiger partial charge in [0.15, 0.2) is 0 Å². The average Bonchev–Trinajstić information content (AvgIpc) is 2.74. The molecule has 1 aliphatic rings.